The monoisotopic (exact) mass is 369 g/mol. The molecule has 3 aromatic carbocycles. The molecule has 0 saturated heterocycles. The van der Waals surface area contributed by atoms with E-state index in [9.17, 15) is 4.79 Å². The van der Waals surface area contributed by atoms with Crippen LogP contribution in [0.2, 0.25) is 0 Å². The summed E-state index contributed by atoms with van der Waals surface area (Å²) in [5.41, 5.74) is 6.15. The Morgan fingerprint density at radius 2 is 1.32 bits per heavy atom. The van der Waals surface area contributed by atoms with Crippen molar-refractivity contribution in [3.8, 4) is 0 Å². The van der Waals surface area contributed by atoms with E-state index in [-0.39, 0.29) is 17.9 Å². The number of hydrogen-bond acceptors (Lipinski definition) is 1. The smallest absolute Gasteiger partial charge is 0.232 e. The van der Waals surface area contributed by atoms with Crippen molar-refractivity contribution in [2.75, 3.05) is 0 Å². The molecular weight excluding hydrogens is 342 g/mol. The van der Waals surface area contributed by atoms with Gasteiger partial charge in [0.05, 0.1) is 12.0 Å². The van der Waals surface area contributed by atoms with Crippen molar-refractivity contribution in [2.45, 2.75) is 44.6 Å². The highest BCUT2D eigenvalue weighted by atomic mass is 16.1. The van der Waals surface area contributed by atoms with Crippen molar-refractivity contribution in [3.63, 3.8) is 0 Å². The molecule has 28 heavy (non-hydrogen) atoms. The summed E-state index contributed by atoms with van der Waals surface area (Å²) in [6.45, 7) is 2.08. The molecule has 1 aliphatic carbocycles. The number of aryl methyl sites for hydroxylation is 2. The first-order valence-electron chi connectivity index (χ1n) is 10.2. The van der Waals surface area contributed by atoms with Gasteiger partial charge < -0.3 is 5.32 Å². The third-order valence-electron chi connectivity index (χ3n) is 5.76. The van der Waals surface area contributed by atoms with Gasteiger partial charge in [-0.25, -0.2) is 0 Å². The normalized spacial score (nSPS) is 14.4. The van der Waals surface area contributed by atoms with Crippen LogP contribution in [-0.4, -0.2) is 5.91 Å². The van der Waals surface area contributed by atoms with Crippen LogP contribution in [0.3, 0.4) is 0 Å². The summed E-state index contributed by atoms with van der Waals surface area (Å²) in [4.78, 5) is 13.3. The molecule has 1 aliphatic rings. The minimum absolute atomic E-state index is 0.0188. The van der Waals surface area contributed by atoms with Gasteiger partial charge in [-0.05, 0) is 60.4 Å². The van der Waals surface area contributed by atoms with E-state index in [2.05, 4.69) is 30.4 Å². The van der Waals surface area contributed by atoms with Gasteiger partial charge in [0.25, 0.3) is 0 Å². The number of carbonyl (C=O) groups is 1. The molecule has 0 bridgehead atoms. The van der Waals surface area contributed by atoms with E-state index >= 15 is 0 Å². The van der Waals surface area contributed by atoms with Crippen molar-refractivity contribution in [1.82, 2.24) is 5.32 Å². The number of amides is 1. The van der Waals surface area contributed by atoms with Gasteiger partial charge in [-0.1, -0.05) is 78.9 Å². The predicted molar refractivity (Wildman–Crippen MR) is 114 cm³/mol. The third-order valence-corrected chi connectivity index (χ3v) is 5.76. The van der Waals surface area contributed by atoms with Gasteiger partial charge in [-0.15, -0.1) is 0 Å². The number of rotatable bonds is 5. The predicted octanol–water partition coefficient (Wildman–Crippen LogP) is 5.57. The van der Waals surface area contributed by atoms with Crippen LogP contribution in [0.5, 0.6) is 0 Å². The molecule has 4 rings (SSSR count). The highest BCUT2D eigenvalue weighted by Crippen LogP contribution is 2.28. The minimum Gasteiger partial charge on any atom is -0.349 e. The molecule has 0 heterocycles. The van der Waals surface area contributed by atoms with Crippen LogP contribution in [0.4, 0.5) is 0 Å². The highest BCUT2D eigenvalue weighted by molar-refractivity contribution is 5.87. The SMILES string of the molecule is C[C@H](NC(=O)C(c1ccccc1)c1ccccc1)c1ccc2c(c1)CCCC2. The Hall–Kier alpha value is -2.87. The molecule has 3 aromatic rings. The Bertz CT molecular complexity index is 894. The first-order valence-corrected chi connectivity index (χ1v) is 10.2. The van der Waals surface area contributed by atoms with Crippen molar-refractivity contribution in [3.05, 3.63) is 107 Å². The third kappa shape index (κ3) is 4.01. The number of carbonyl (C=O) groups excluding carboxylic acids is 1. The van der Waals surface area contributed by atoms with Crippen molar-refractivity contribution >= 4 is 5.91 Å². The van der Waals surface area contributed by atoms with Gasteiger partial charge in [0.1, 0.15) is 0 Å². The standard InChI is InChI=1S/C26H27NO/c1-19(23-17-16-20-10-8-9-15-24(20)18-23)27-26(28)25(21-11-4-2-5-12-21)22-13-6-3-7-14-22/h2-7,11-14,16-19,25H,8-10,15H2,1H3,(H,27,28)/t19-/m0/s1. The lowest BCUT2D eigenvalue weighted by molar-refractivity contribution is -0.122. The second-order valence-electron chi connectivity index (χ2n) is 7.72. The van der Waals surface area contributed by atoms with E-state index in [1.165, 1.54) is 36.0 Å². The van der Waals surface area contributed by atoms with Crippen LogP contribution >= 0.6 is 0 Å². The van der Waals surface area contributed by atoms with Gasteiger partial charge in [-0.2, -0.15) is 0 Å². The summed E-state index contributed by atoms with van der Waals surface area (Å²) in [5, 5.41) is 3.26. The van der Waals surface area contributed by atoms with Crippen molar-refractivity contribution in [1.29, 1.82) is 0 Å². The Labute approximate surface area is 167 Å². The Balaban J connectivity index is 1.57. The lowest BCUT2D eigenvalue weighted by atomic mass is 9.88. The summed E-state index contributed by atoms with van der Waals surface area (Å²) < 4.78 is 0. The zero-order valence-electron chi connectivity index (χ0n) is 16.4. The summed E-state index contributed by atoms with van der Waals surface area (Å²) >= 11 is 0. The molecule has 0 aromatic heterocycles. The molecule has 0 radical (unpaired) electrons. The lowest BCUT2D eigenvalue weighted by Crippen LogP contribution is -2.32. The maximum atomic E-state index is 13.3. The van der Waals surface area contributed by atoms with Crippen molar-refractivity contribution in [2.24, 2.45) is 0 Å². The molecular formula is C26H27NO. The first kappa shape index (κ1) is 18.5. The summed E-state index contributed by atoms with van der Waals surface area (Å²) in [6, 6.07) is 26.7. The van der Waals surface area contributed by atoms with Gasteiger partial charge in [0, 0.05) is 0 Å². The highest BCUT2D eigenvalue weighted by Gasteiger charge is 2.24. The molecule has 0 spiro atoms. The van der Waals surface area contributed by atoms with Crippen LogP contribution in [0, 0.1) is 0 Å². The van der Waals surface area contributed by atoms with Gasteiger partial charge in [0.2, 0.25) is 5.91 Å². The number of fused-ring (bicyclic) bond motifs is 1. The Morgan fingerprint density at radius 3 is 1.93 bits per heavy atom. The quantitative estimate of drug-likeness (QED) is 0.625. The largest absolute Gasteiger partial charge is 0.349 e. The van der Waals surface area contributed by atoms with E-state index < -0.39 is 0 Å². The van der Waals surface area contributed by atoms with E-state index in [1.54, 1.807) is 0 Å². The zero-order valence-corrected chi connectivity index (χ0v) is 16.4. The molecule has 1 amide bonds. The van der Waals surface area contributed by atoms with E-state index in [0.717, 1.165) is 17.5 Å². The van der Waals surface area contributed by atoms with Crippen LogP contribution in [0.15, 0.2) is 78.9 Å². The summed E-state index contributed by atoms with van der Waals surface area (Å²) in [5.74, 6) is -0.259. The van der Waals surface area contributed by atoms with Crippen LogP contribution < -0.4 is 5.32 Å². The number of hydrogen-bond donors (Lipinski definition) is 1. The van der Waals surface area contributed by atoms with E-state index in [0.29, 0.717) is 0 Å². The fraction of sp³-hybridized carbons (Fsp3) is 0.269. The van der Waals surface area contributed by atoms with Gasteiger partial charge in [-0.3, -0.25) is 4.79 Å². The molecule has 0 fully saturated rings. The van der Waals surface area contributed by atoms with E-state index in [1.807, 2.05) is 60.7 Å². The average molecular weight is 370 g/mol. The zero-order chi connectivity index (χ0) is 19.3. The molecule has 0 saturated carbocycles. The fourth-order valence-corrected chi connectivity index (χ4v) is 4.19. The number of benzene rings is 3. The molecule has 0 aliphatic heterocycles. The van der Waals surface area contributed by atoms with Gasteiger partial charge >= 0.3 is 0 Å². The molecule has 1 N–H and O–H groups in total. The van der Waals surface area contributed by atoms with Gasteiger partial charge in [0.15, 0.2) is 0 Å². The second kappa shape index (κ2) is 8.43. The average Bonchev–Trinajstić information content (AvgIpc) is 2.75. The molecule has 0 unspecified atom stereocenters. The van der Waals surface area contributed by atoms with Crippen LogP contribution in [0.1, 0.15) is 59.5 Å². The fourth-order valence-electron chi connectivity index (χ4n) is 4.19. The summed E-state index contributed by atoms with van der Waals surface area (Å²) in [7, 11) is 0. The van der Waals surface area contributed by atoms with Crippen LogP contribution in [-0.2, 0) is 17.6 Å². The molecule has 1 atom stereocenters. The lowest BCUT2D eigenvalue weighted by Gasteiger charge is -2.23. The maximum absolute atomic E-state index is 13.3. The minimum atomic E-state index is -0.303. The van der Waals surface area contributed by atoms with E-state index in [4.69, 9.17) is 0 Å². The maximum Gasteiger partial charge on any atom is 0.232 e. The molecule has 142 valence electrons. The summed E-state index contributed by atoms with van der Waals surface area (Å²) in [6.07, 6.45) is 4.89. The van der Waals surface area contributed by atoms with Crippen molar-refractivity contribution < 1.29 is 4.79 Å². The molecule has 2 nitrogen and oxygen atoms in total. The molecule has 2 heteroatoms. The topological polar surface area (TPSA) is 29.1 Å². The second-order valence-corrected chi connectivity index (χ2v) is 7.72. The Kier molecular flexibility index (Phi) is 5.57. The first-order chi connectivity index (χ1) is 13.7. The number of nitrogens with one attached hydrogen (secondary N) is 1. The van der Waals surface area contributed by atoms with Crippen LogP contribution in [0.25, 0.3) is 0 Å². The Morgan fingerprint density at radius 1 is 0.750 bits per heavy atom.